The van der Waals surface area contributed by atoms with Crippen LogP contribution in [0.3, 0.4) is 0 Å². The molecule has 4 aliphatic rings. The van der Waals surface area contributed by atoms with Crippen molar-refractivity contribution in [3.05, 3.63) is 61.7 Å². The summed E-state index contributed by atoms with van der Waals surface area (Å²) in [4.78, 5) is 44.0. The number of aliphatic hydroxyl groups excluding tert-OH is 1. The molecule has 202 valence electrons. The van der Waals surface area contributed by atoms with E-state index in [1.54, 1.807) is 19.9 Å². The molecule has 10 heteroatoms. The summed E-state index contributed by atoms with van der Waals surface area (Å²) < 4.78 is 21.7. The van der Waals surface area contributed by atoms with Crippen LogP contribution in [0, 0.1) is 18.7 Å². The second kappa shape index (κ2) is 8.19. The zero-order valence-corrected chi connectivity index (χ0v) is 21.6. The minimum atomic E-state index is -1.96. The molecule has 7 rings (SSSR count). The summed E-state index contributed by atoms with van der Waals surface area (Å²) in [6.07, 6.45) is 1.61. The molecule has 2 aliphatic heterocycles. The smallest absolute Gasteiger partial charge is 0.343 e. The van der Waals surface area contributed by atoms with E-state index in [-0.39, 0.29) is 48.0 Å². The van der Waals surface area contributed by atoms with Gasteiger partial charge in [-0.05, 0) is 67.7 Å². The largest absolute Gasteiger partial charge is 0.458 e. The van der Waals surface area contributed by atoms with Crippen LogP contribution in [0.2, 0.25) is 0 Å². The number of amides is 1. The number of cyclic esters (lactones) is 1. The van der Waals surface area contributed by atoms with Crippen LogP contribution in [0.4, 0.5) is 4.39 Å². The van der Waals surface area contributed by atoms with Crippen molar-refractivity contribution in [1.29, 1.82) is 0 Å². The number of fused-ring (bicyclic) bond motifs is 5. The number of esters is 1. The van der Waals surface area contributed by atoms with Crippen molar-refractivity contribution >= 4 is 22.8 Å². The number of ether oxygens (including phenoxy) is 1. The van der Waals surface area contributed by atoms with Crippen LogP contribution in [0.15, 0.2) is 16.9 Å². The molecule has 3 N–H and O–H groups in total. The number of hydrogen-bond acceptors (Lipinski definition) is 7. The molecule has 1 fully saturated rings. The van der Waals surface area contributed by atoms with Crippen molar-refractivity contribution in [3.63, 3.8) is 0 Å². The van der Waals surface area contributed by atoms with Crippen LogP contribution >= 0.6 is 0 Å². The Hall–Kier alpha value is -3.63. The number of hydrogen-bond donors (Lipinski definition) is 3. The van der Waals surface area contributed by atoms with Crippen LogP contribution in [0.5, 0.6) is 0 Å². The molecule has 0 radical (unpaired) electrons. The van der Waals surface area contributed by atoms with Gasteiger partial charge in [0.15, 0.2) is 5.60 Å². The summed E-state index contributed by atoms with van der Waals surface area (Å²) in [5.41, 5.74) is 2.21. The van der Waals surface area contributed by atoms with E-state index < -0.39 is 29.6 Å². The van der Waals surface area contributed by atoms with E-state index in [9.17, 15) is 24.6 Å². The zero-order chi connectivity index (χ0) is 27.4. The van der Waals surface area contributed by atoms with E-state index in [2.05, 4.69) is 5.32 Å². The summed E-state index contributed by atoms with van der Waals surface area (Å²) in [7, 11) is 0. The fourth-order valence-corrected chi connectivity index (χ4v) is 6.58. The van der Waals surface area contributed by atoms with E-state index in [0.717, 1.165) is 34.9 Å². The van der Waals surface area contributed by atoms with Crippen molar-refractivity contribution in [2.45, 2.75) is 76.9 Å². The van der Waals surface area contributed by atoms with E-state index in [4.69, 9.17) is 9.72 Å². The highest BCUT2D eigenvalue weighted by Gasteiger charge is 2.46. The Kier molecular flexibility index (Phi) is 5.13. The predicted octanol–water partition coefficient (Wildman–Crippen LogP) is 2.40. The van der Waals surface area contributed by atoms with Gasteiger partial charge >= 0.3 is 5.97 Å². The molecular formula is C29H28FN3O6. The number of halogens is 1. The molecule has 0 unspecified atom stereocenters. The summed E-state index contributed by atoms with van der Waals surface area (Å²) >= 11 is 0. The third-order valence-electron chi connectivity index (χ3n) is 9.03. The van der Waals surface area contributed by atoms with E-state index in [1.165, 1.54) is 10.6 Å². The van der Waals surface area contributed by atoms with Gasteiger partial charge in [-0.2, -0.15) is 0 Å². The maximum atomic E-state index is 15.0. The number of carbonyl (C=O) groups excluding carboxylic acids is 2. The lowest BCUT2D eigenvalue weighted by Gasteiger charge is -2.31. The SMILES string of the molecule is CC[C@@]1(O)C(=O)OCc2c1cc1n(c2=O)Cc2c-1nc1cc(F)c(C)c3c1c2[C@@H](NC(=O)[C@@H](O)C1CC1)CC3. The number of benzene rings is 1. The number of aromatic nitrogens is 2. The van der Waals surface area contributed by atoms with Gasteiger partial charge in [0, 0.05) is 22.6 Å². The molecule has 0 saturated heterocycles. The van der Waals surface area contributed by atoms with Crippen molar-refractivity contribution in [3.8, 4) is 11.4 Å². The van der Waals surface area contributed by atoms with Crippen LogP contribution in [-0.2, 0) is 39.5 Å². The number of nitrogens with zero attached hydrogens (tertiary/aromatic N) is 2. The minimum absolute atomic E-state index is 0.0241. The molecule has 1 aromatic carbocycles. The van der Waals surface area contributed by atoms with Crippen molar-refractivity contribution in [2.75, 3.05) is 0 Å². The van der Waals surface area contributed by atoms with Gasteiger partial charge in [-0.25, -0.2) is 14.2 Å². The van der Waals surface area contributed by atoms with Gasteiger partial charge < -0.3 is 24.8 Å². The van der Waals surface area contributed by atoms with E-state index in [0.29, 0.717) is 35.3 Å². The molecule has 2 aliphatic carbocycles. The van der Waals surface area contributed by atoms with Crippen LogP contribution in [0.25, 0.3) is 22.3 Å². The Balaban J connectivity index is 1.46. The van der Waals surface area contributed by atoms with Gasteiger partial charge in [-0.1, -0.05) is 6.92 Å². The first kappa shape index (κ1) is 24.4. The van der Waals surface area contributed by atoms with Gasteiger partial charge in [-0.15, -0.1) is 0 Å². The fraction of sp³-hybridized carbons (Fsp3) is 0.448. The molecule has 3 atom stereocenters. The fourth-order valence-electron chi connectivity index (χ4n) is 6.58. The number of nitrogens with one attached hydrogen (secondary N) is 1. The number of aliphatic hydroxyl groups is 2. The predicted molar refractivity (Wildman–Crippen MR) is 137 cm³/mol. The summed E-state index contributed by atoms with van der Waals surface area (Å²) in [5, 5.41) is 25.4. The molecule has 4 heterocycles. The molecular weight excluding hydrogens is 505 g/mol. The average Bonchev–Trinajstić information content (AvgIpc) is 3.71. The zero-order valence-electron chi connectivity index (χ0n) is 21.6. The second-order valence-electron chi connectivity index (χ2n) is 11.2. The molecule has 1 saturated carbocycles. The number of carbonyl (C=O) groups is 2. The number of rotatable bonds is 4. The Morgan fingerprint density at radius 1 is 1.26 bits per heavy atom. The third kappa shape index (κ3) is 3.31. The second-order valence-corrected chi connectivity index (χ2v) is 11.2. The molecule has 9 nitrogen and oxygen atoms in total. The van der Waals surface area contributed by atoms with Crippen molar-refractivity contribution < 1.29 is 28.9 Å². The highest BCUT2D eigenvalue weighted by atomic mass is 19.1. The maximum Gasteiger partial charge on any atom is 0.343 e. The van der Waals surface area contributed by atoms with Crippen molar-refractivity contribution in [2.24, 2.45) is 5.92 Å². The molecule has 39 heavy (non-hydrogen) atoms. The highest BCUT2D eigenvalue weighted by molar-refractivity contribution is 5.94. The van der Waals surface area contributed by atoms with Gasteiger partial charge in [0.1, 0.15) is 18.5 Å². The quantitative estimate of drug-likeness (QED) is 0.344. The minimum Gasteiger partial charge on any atom is -0.458 e. The summed E-state index contributed by atoms with van der Waals surface area (Å²) in [6, 6.07) is 2.54. The Bertz CT molecular complexity index is 1690. The molecule has 3 aromatic rings. The first-order valence-corrected chi connectivity index (χ1v) is 13.4. The van der Waals surface area contributed by atoms with Crippen LogP contribution in [0.1, 0.15) is 72.0 Å². The van der Waals surface area contributed by atoms with Crippen LogP contribution < -0.4 is 10.9 Å². The van der Waals surface area contributed by atoms with Crippen LogP contribution in [-0.4, -0.2) is 37.7 Å². The molecule has 0 bridgehead atoms. The maximum absolute atomic E-state index is 15.0. The standard InChI is InChI=1S/C29H28FN3O6/c1-3-29(38)17-8-21-24-15(10-33(21)27(36)16(17)11-39-28(29)37)23-19(32-26(35)25(34)13-4-5-13)7-6-14-12(2)18(30)9-20(31-24)22(14)23/h8-9,13,19,25,34,38H,3-7,10-11H2,1-2H3,(H,32,35)/t19-,25-,29-/m0/s1. The monoisotopic (exact) mass is 533 g/mol. The lowest BCUT2D eigenvalue weighted by Crippen LogP contribution is -2.44. The Morgan fingerprint density at radius 3 is 2.74 bits per heavy atom. The Morgan fingerprint density at radius 2 is 2.03 bits per heavy atom. The van der Waals surface area contributed by atoms with E-state index >= 15 is 4.39 Å². The third-order valence-corrected chi connectivity index (χ3v) is 9.03. The van der Waals surface area contributed by atoms with Gasteiger partial charge in [0.25, 0.3) is 5.56 Å². The topological polar surface area (TPSA) is 131 Å². The number of aryl methyl sites for hydroxylation is 1. The first-order chi connectivity index (χ1) is 18.6. The van der Waals surface area contributed by atoms with Gasteiger partial charge in [0.2, 0.25) is 5.91 Å². The molecule has 1 amide bonds. The lowest BCUT2D eigenvalue weighted by atomic mass is 9.81. The Labute approximate surface area is 222 Å². The number of pyridine rings is 2. The average molecular weight is 534 g/mol. The normalized spacial score (nSPS) is 23.6. The summed E-state index contributed by atoms with van der Waals surface area (Å²) in [5.74, 6) is -1.65. The van der Waals surface area contributed by atoms with Gasteiger partial charge in [-0.3, -0.25) is 9.59 Å². The summed E-state index contributed by atoms with van der Waals surface area (Å²) in [6.45, 7) is 3.30. The lowest BCUT2D eigenvalue weighted by molar-refractivity contribution is -0.172. The molecule has 0 spiro atoms. The van der Waals surface area contributed by atoms with Gasteiger partial charge in [0.05, 0.1) is 35.1 Å². The highest BCUT2D eigenvalue weighted by Crippen LogP contribution is 2.46. The van der Waals surface area contributed by atoms with E-state index in [1.807, 2.05) is 0 Å². The van der Waals surface area contributed by atoms with Crippen molar-refractivity contribution in [1.82, 2.24) is 14.9 Å². The first-order valence-electron chi connectivity index (χ1n) is 13.4. The molecule has 2 aromatic heterocycles.